The van der Waals surface area contributed by atoms with E-state index in [2.05, 4.69) is 72.6 Å². The fourth-order valence-corrected chi connectivity index (χ4v) is 4.38. The number of aromatic nitrogens is 1. The Labute approximate surface area is 123 Å². The van der Waals surface area contributed by atoms with Gasteiger partial charge in [0, 0.05) is 27.9 Å². The van der Waals surface area contributed by atoms with Gasteiger partial charge in [0.25, 0.3) is 0 Å². The molecule has 0 saturated heterocycles. The normalized spacial score (nSPS) is 11.6. The first-order valence-corrected chi connectivity index (χ1v) is 8.54. The highest BCUT2D eigenvalue weighted by molar-refractivity contribution is 9.09. The number of thiazole rings is 1. The predicted octanol–water partition coefficient (Wildman–Crippen LogP) is 4.41. The molecule has 1 nitrogen and oxygen atoms in total. The molecular weight excluding hydrogens is 362 g/mol. The maximum atomic E-state index is 4.40. The third-order valence-corrected chi connectivity index (χ3v) is 5.68. The molecule has 0 N–H and O–H groups in total. The fraction of sp³-hybridized carbons (Fsp3) is 0.308. The number of nitrogens with zero attached hydrogens (tertiary/aromatic N) is 1. The second-order valence-corrected chi connectivity index (χ2v) is 5.91. The van der Waals surface area contributed by atoms with Gasteiger partial charge in [-0.1, -0.05) is 62.2 Å². The van der Waals surface area contributed by atoms with Crippen LogP contribution in [0.1, 0.15) is 11.3 Å². The van der Waals surface area contributed by atoms with Crippen LogP contribution in [0.2, 0.25) is 0 Å². The Morgan fingerprint density at radius 1 is 1.12 bits per heavy atom. The van der Waals surface area contributed by atoms with Crippen molar-refractivity contribution in [2.75, 3.05) is 10.7 Å². The van der Waals surface area contributed by atoms with E-state index in [1.165, 1.54) is 5.56 Å². The Balaban J connectivity index is 2.32. The first kappa shape index (κ1) is 13.2. The van der Waals surface area contributed by atoms with Gasteiger partial charge in [0.15, 0.2) is 0 Å². The number of benzene rings is 1. The van der Waals surface area contributed by atoms with E-state index in [4.69, 9.17) is 0 Å². The third kappa shape index (κ3) is 2.98. The number of alkyl halides is 2. The summed E-state index contributed by atoms with van der Waals surface area (Å²) >= 11 is 8.98. The number of rotatable bonds is 5. The zero-order valence-electron chi connectivity index (χ0n) is 9.27. The van der Waals surface area contributed by atoms with Crippen molar-refractivity contribution in [2.45, 2.75) is 11.8 Å². The second kappa shape index (κ2) is 6.12. The molecule has 0 aliphatic rings. The van der Waals surface area contributed by atoms with Gasteiger partial charge in [-0.2, -0.15) is 0 Å². The molecule has 0 aliphatic carbocycles. The average molecular weight is 375 g/mol. The second-order valence-electron chi connectivity index (χ2n) is 4.07. The van der Waals surface area contributed by atoms with Crippen LogP contribution in [-0.2, 0) is 11.8 Å². The van der Waals surface area contributed by atoms with Crippen LogP contribution in [0.4, 0.5) is 0 Å². The van der Waals surface area contributed by atoms with Crippen molar-refractivity contribution in [3.8, 4) is 0 Å². The largest absolute Gasteiger partial charge is 0.250 e. The zero-order valence-corrected chi connectivity index (χ0v) is 13.3. The van der Waals surface area contributed by atoms with Gasteiger partial charge in [-0.25, -0.2) is 4.98 Å². The van der Waals surface area contributed by atoms with Crippen LogP contribution in [-0.4, -0.2) is 15.6 Å². The van der Waals surface area contributed by atoms with E-state index in [1.807, 2.05) is 5.51 Å². The lowest BCUT2D eigenvalue weighted by atomic mass is 9.80. The molecule has 0 spiro atoms. The van der Waals surface area contributed by atoms with E-state index in [9.17, 15) is 0 Å². The molecule has 2 rings (SSSR count). The third-order valence-electron chi connectivity index (χ3n) is 2.90. The smallest absolute Gasteiger partial charge is 0.0794 e. The lowest BCUT2D eigenvalue weighted by Crippen LogP contribution is -2.33. The van der Waals surface area contributed by atoms with Gasteiger partial charge in [-0.05, 0) is 5.56 Å². The molecule has 0 amide bonds. The lowest BCUT2D eigenvalue weighted by Gasteiger charge is -2.30. The van der Waals surface area contributed by atoms with Crippen LogP contribution in [0.25, 0.3) is 0 Å². The van der Waals surface area contributed by atoms with Crippen molar-refractivity contribution in [3.63, 3.8) is 0 Å². The summed E-state index contributed by atoms with van der Waals surface area (Å²) < 4.78 is 0. The molecule has 90 valence electrons. The lowest BCUT2D eigenvalue weighted by molar-refractivity contribution is 0.545. The molecule has 17 heavy (non-hydrogen) atoms. The van der Waals surface area contributed by atoms with E-state index in [0.29, 0.717) is 0 Å². The molecule has 0 bridgehead atoms. The molecule has 0 aliphatic heterocycles. The molecule has 0 unspecified atom stereocenters. The van der Waals surface area contributed by atoms with Gasteiger partial charge in [0.05, 0.1) is 11.2 Å². The summed E-state index contributed by atoms with van der Waals surface area (Å²) in [7, 11) is 0. The summed E-state index contributed by atoms with van der Waals surface area (Å²) in [5.74, 6) is 0. The molecule has 1 heterocycles. The molecule has 1 aromatic heterocycles. The van der Waals surface area contributed by atoms with Crippen molar-refractivity contribution in [1.82, 2.24) is 4.98 Å². The molecule has 0 fully saturated rings. The highest BCUT2D eigenvalue weighted by Gasteiger charge is 2.30. The summed E-state index contributed by atoms with van der Waals surface area (Å²) in [5.41, 5.74) is 4.49. The first-order chi connectivity index (χ1) is 8.30. The minimum Gasteiger partial charge on any atom is -0.250 e. The summed E-state index contributed by atoms with van der Waals surface area (Å²) in [6.45, 7) is 0. The molecular formula is C13H13Br2NS. The summed E-state index contributed by atoms with van der Waals surface area (Å²) in [4.78, 5) is 4.40. The maximum Gasteiger partial charge on any atom is 0.0794 e. The summed E-state index contributed by atoms with van der Waals surface area (Å²) in [6.07, 6.45) is 0.955. The van der Waals surface area contributed by atoms with E-state index in [0.717, 1.165) is 22.8 Å². The Morgan fingerprint density at radius 3 is 2.35 bits per heavy atom. The fourth-order valence-electron chi connectivity index (χ4n) is 1.85. The molecule has 0 saturated carbocycles. The van der Waals surface area contributed by atoms with Gasteiger partial charge in [0.1, 0.15) is 0 Å². The van der Waals surface area contributed by atoms with Gasteiger partial charge in [0.2, 0.25) is 0 Å². The average Bonchev–Trinajstić information content (AvgIpc) is 2.90. The molecule has 0 atom stereocenters. The van der Waals surface area contributed by atoms with Gasteiger partial charge >= 0.3 is 0 Å². The SMILES string of the molecule is BrCC(CBr)(Cc1cscn1)c1ccccc1. The molecule has 2 aromatic rings. The number of hydrogen-bond donors (Lipinski definition) is 0. The Morgan fingerprint density at radius 2 is 1.82 bits per heavy atom. The van der Waals surface area contributed by atoms with Crippen LogP contribution in [0.3, 0.4) is 0 Å². The Bertz CT molecular complexity index is 438. The van der Waals surface area contributed by atoms with Gasteiger partial charge < -0.3 is 0 Å². The van der Waals surface area contributed by atoms with Gasteiger partial charge in [-0.15, -0.1) is 11.3 Å². The quantitative estimate of drug-likeness (QED) is 0.706. The minimum absolute atomic E-state index is 0.0787. The highest BCUT2D eigenvalue weighted by atomic mass is 79.9. The van der Waals surface area contributed by atoms with Crippen LogP contribution >= 0.6 is 43.2 Å². The van der Waals surface area contributed by atoms with E-state index >= 15 is 0 Å². The predicted molar refractivity (Wildman–Crippen MR) is 81.5 cm³/mol. The summed E-state index contributed by atoms with van der Waals surface area (Å²) in [6, 6.07) is 10.6. The number of hydrogen-bond acceptors (Lipinski definition) is 2. The zero-order chi connectivity index (χ0) is 12.1. The topological polar surface area (TPSA) is 12.9 Å². The van der Waals surface area contributed by atoms with Crippen LogP contribution in [0.5, 0.6) is 0 Å². The van der Waals surface area contributed by atoms with Crippen LogP contribution < -0.4 is 0 Å². The highest BCUT2D eigenvalue weighted by Crippen LogP contribution is 2.32. The Kier molecular flexibility index (Phi) is 4.77. The van der Waals surface area contributed by atoms with Crippen LogP contribution in [0.15, 0.2) is 41.2 Å². The van der Waals surface area contributed by atoms with E-state index in [-0.39, 0.29) is 5.41 Å². The standard InChI is InChI=1S/C13H13Br2NS/c14-8-13(9-15,6-12-7-17-10-16-12)11-4-2-1-3-5-11/h1-5,7,10H,6,8-9H2. The van der Waals surface area contributed by atoms with Crippen molar-refractivity contribution in [2.24, 2.45) is 0 Å². The van der Waals surface area contributed by atoms with Crippen molar-refractivity contribution in [1.29, 1.82) is 0 Å². The monoisotopic (exact) mass is 373 g/mol. The van der Waals surface area contributed by atoms with Crippen molar-refractivity contribution < 1.29 is 0 Å². The van der Waals surface area contributed by atoms with Crippen molar-refractivity contribution in [3.05, 3.63) is 52.5 Å². The Hall–Kier alpha value is -0.190. The van der Waals surface area contributed by atoms with Crippen molar-refractivity contribution >= 4 is 43.2 Å². The van der Waals surface area contributed by atoms with E-state index in [1.54, 1.807) is 11.3 Å². The molecule has 4 heteroatoms. The molecule has 1 aromatic carbocycles. The van der Waals surface area contributed by atoms with E-state index < -0.39 is 0 Å². The molecule has 0 radical (unpaired) electrons. The first-order valence-electron chi connectivity index (χ1n) is 5.35. The van der Waals surface area contributed by atoms with Gasteiger partial charge in [-0.3, -0.25) is 0 Å². The number of halogens is 2. The van der Waals surface area contributed by atoms with Crippen LogP contribution in [0, 0.1) is 0 Å². The maximum absolute atomic E-state index is 4.40. The summed E-state index contributed by atoms with van der Waals surface area (Å²) in [5, 5.41) is 3.97. The minimum atomic E-state index is 0.0787.